The second-order valence-electron chi connectivity index (χ2n) is 8.21. The largest absolute Gasteiger partial charge is 0.493 e. The van der Waals surface area contributed by atoms with Gasteiger partial charge in [-0.25, -0.2) is 0 Å². The maximum absolute atomic E-state index is 12.1. The minimum absolute atomic E-state index is 0.0103. The van der Waals surface area contributed by atoms with Gasteiger partial charge in [0, 0.05) is 28.8 Å². The topological polar surface area (TPSA) is 59.6 Å². The van der Waals surface area contributed by atoms with Crippen LogP contribution < -0.4 is 20.1 Å². The van der Waals surface area contributed by atoms with E-state index in [0.717, 1.165) is 27.0 Å². The van der Waals surface area contributed by atoms with Crippen molar-refractivity contribution in [2.75, 3.05) is 17.7 Å². The van der Waals surface area contributed by atoms with Gasteiger partial charge in [0.2, 0.25) is 5.91 Å². The minimum atomic E-state index is 0.0103. The number of ether oxygens (including phenoxy) is 2. The Labute approximate surface area is 218 Å². The highest BCUT2D eigenvalue weighted by Gasteiger charge is 2.12. The molecule has 0 aliphatic rings. The number of halogens is 3. The zero-order chi connectivity index (χ0) is 24.7. The van der Waals surface area contributed by atoms with Crippen molar-refractivity contribution >= 4 is 56.4 Å². The molecule has 0 aliphatic carbocycles. The monoisotopic (exact) mass is 564 g/mol. The maximum Gasteiger partial charge on any atom is 0.224 e. The summed E-state index contributed by atoms with van der Waals surface area (Å²) >= 11 is 15.7. The van der Waals surface area contributed by atoms with Crippen LogP contribution in [0.25, 0.3) is 0 Å². The summed E-state index contributed by atoms with van der Waals surface area (Å²) in [5, 5.41) is 7.33. The summed E-state index contributed by atoms with van der Waals surface area (Å²) in [5.41, 5.74) is 3.55. The van der Waals surface area contributed by atoms with Crippen LogP contribution in [0.5, 0.6) is 11.5 Å². The van der Waals surface area contributed by atoms with Gasteiger partial charge in [0.15, 0.2) is 11.5 Å². The van der Waals surface area contributed by atoms with E-state index < -0.39 is 0 Å². The summed E-state index contributed by atoms with van der Waals surface area (Å²) in [7, 11) is 1.61. The molecule has 1 amide bonds. The SMILES string of the molecule is COc1cc(CNc2cccc(NC(=O)CC(C)C)c2)c(Br)cc1OCc1ccc(Cl)c(Cl)c1. The van der Waals surface area contributed by atoms with Gasteiger partial charge in [-0.2, -0.15) is 0 Å². The van der Waals surface area contributed by atoms with Crippen molar-refractivity contribution in [1.29, 1.82) is 0 Å². The summed E-state index contributed by atoms with van der Waals surface area (Å²) in [5.74, 6) is 1.55. The Kier molecular flexibility index (Phi) is 9.51. The number of nitrogens with one attached hydrogen (secondary N) is 2. The molecule has 3 rings (SSSR count). The van der Waals surface area contributed by atoms with Crippen LogP contribution in [0, 0.1) is 5.92 Å². The summed E-state index contributed by atoms with van der Waals surface area (Å²) in [6.07, 6.45) is 0.490. The van der Waals surface area contributed by atoms with Crippen molar-refractivity contribution < 1.29 is 14.3 Å². The highest BCUT2D eigenvalue weighted by molar-refractivity contribution is 9.10. The van der Waals surface area contributed by atoms with Crippen LogP contribution in [0.1, 0.15) is 31.4 Å². The van der Waals surface area contributed by atoms with Crippen molar-refractivity contribution in [2.45, 2.75) is 33.4 Å². The van der Waals surface area contributed by atoms with Gasteiger partial charge in [0.1, 0.15) is 6.61 Å². The van der Waals surface area contributed by atoms with Crippen LogP contribution in [0.3, 0.4) is 0 Å². The van der Waals surface area contributed by atoms with E-state index in [1.54, 1.807) is 19.2 Å². The number of rotatable bonds is 10. The Morgan fingerprint density at radius 3 is 2.47 bits per heavy atom. The van der Waals surface area contributed by atoms with Gasteiger partial charge >= 0.3 is 0 Å². The molecule has 0 spiro atoms. The number of hydrogen-bond acceptors (Lipinski definition) is 4. The molecule has 0 radical (unpaired) electrons. The second-order valence-corrected chi connectivity index (χ2v) is 9.88. The molecular formula is C26H27BrCl2N2O3. The van der Waals surface area contributed by atoms with Crippen molar-refractivity contribution in [3.63, 3.8) is 0 Å². The lowest BCUT2D eigenvalue weighted by atomic mass is 10.1. The third-order valence-electron chi connectivity index (χ3n) is 4.93. The van der Waals surface area contributed by atoms with E-state index in [2.05, 4.69) is 26.6 Å². The average Bonchev–Trinajstić information content (AvgIpc) is 2.78. The fourth-order valence-electron chi connectivity index (χ4n) is 3.26. The molecule has 34 heavy (non-hydrogen) atoms. The zero-order valence-corrected chi connectivity index (χ0v) is 22.4. The van der Waals surface area contributed by atoms with E-state index in [9.17, 15) is 4.79 Å². The van der Waals surface area contributed by atoms with E-state index in [4.69, 9.17) is 32.7 Å². The molecule has 0 unspecified atom stereocenters. The molecule has 0 saturated heterocycles. The third kappa shape index (κ3) is 7.55. The quantitative estimate of drug-likeness (QED) is 0.262. The lowest BCUT2D eigenvalue weighted by Gasteiger charge is -2.15. The Morgan fingerprint density at radius 2 is 1.76 bits per heavy atom. The number of methoxy groups -OCH3 is 1. The highest BCUT2D eigenvalue weighted by Crippen LogP contribution is 2.35. The van der Waals surface area contributed by atoms with Crippen LogP contribution in [-0.4, -0.2) is 13.0 Å². The molecule has 3 aromatic rings. The molecule has 0 heterocycles. The average molecular weight is 566 g/mol. The number of benzene rings is 3. The van der Waals surface area contributed by atoms with E-state index >= 15 is 0 Å². The summed E-state index contributed by atoms with van der Waals surface area (Å²) in [4.78, 5) is 12.1. The first-order valence-corrected chi connectivity index (χ1v) is 12.4. The Hall–Kier alpha value is -2.41. The first kappa shape index (κ1) is 26.2. The van der Waals surface area contributed by atoms with Gasteiger partial charge in [-0.15, -0.1) is 0 Å². The molecule has 5 nitrogen and oxygen atoms in total. The fourth-order valence-corrected chi connectivity index (χ4v) is 4.05. The molecule has 0 fully saturated rings. The van der Waals surface area contributed by atoms with Crippen molar-refractivity contribution in [2.24, 2.45) is 5.92 Å². The number of carbonyl (C=O) groups excluding carboxylic acids is 1. The maximum atomic E-state index is 12.1. The van der Waals surface area contributed by atoms with Crippen molar-refractivity contribution in [3.05, 3.63) is 80.2 Å². The molecule has 0 aliphatic heterocycles. The molecule has 0 saturated carbocycles. The van der Waals surface area contributed by atoms with Gasteiger partial charge in [-0.3, -0.25) is 4.79 Å². The predicted molar refractivity (Wildman–Crippen MR) is 143 cm³/mol. The first-order chi connectivity index (χ1) is 16.2. The Bertz CT molecular complexity index is 1150. The highest BCUT2D eigenvalue weighted by atomic mass is 79.9. The van der Waals surface area contributed by atoms with Gasteiger partial charge < -0.3 is 20.1 Å². The number of amides is 1. The molecule has 0 bridgehead atoms. The first-order valence-electron chi connectivity index (χ1n) is 10.8. The van der Waals surface area contributed by atoms with Crippen LogP contribution in [0.2, 0.25) is 10.0 Å². The lowest BCUT2D eigenvalue weighted by molar-refractivity contribution is -0.116. The Balaban J connectivity index is 1.66. The molecular weight excluding hydrogens is 539 g/mol. The lowest BCUT2D eigenvalue weighted by Crippen LogP contribution is -2.13. The summed E-state index contributed by atoms with van der Waals surface area (Å²) in [6.45, 7) is 4.92. The normalized spacial score (nSPS) is 10.8. The molecule has 180 valence electrons. The van der Waals surface area contributed by atoms with E-state index in [1.807, 2.05) is 56.3 Å². The standard InChI is InChI=1S/C26H27BrCl2N2O3/c1-16(2)9-26(32)31-20-6-4-5-19(12-20)30-14-18-11-24(33-3)25(13-21(18)27)34-15-17-7-8-22(28)23(29)10-17/h4-8,10-13,16,30H,9,14-15H2,1-3H3,(H,31,32). The third-order valence-corrected chi connectivity index (χ3v) is 6.41. The van der Waals surface area contributed by atoms with E-state index in [0.29, 0.717) is 47.0 Å². The van der Waals surface area contributed by atoms with Gasteiger partial charge in [-0.05, 0) is 59.5 Å². The molecule has 8 heteroatoms. The molecule has 3 aromatic carbocycles. The fraction of sp³-hybridized carbons (Fsp3) is 0.269. The number of anilines is 2. The van der Waals surface area contributed by atoms with Crippen LogP contribution in [0.4, 0.5) is 11.4 Å². The Morgan fingerprint density at radius 1 is 1.00 bits per heavy atom. The van der Waals surface area contributed by atoms with Crippen LogP contribution in [-0.2, 0) is 17.9 Å². The van der Waals surface area contributed by atoms with Crippen LogP contribution >= 0.6 is 39.1 Å². The van der Waals surface area contributed by atoms with Crippen molar-refractivity contribution in [1.82, 2.24) is 0 Å². The van der Waals surface area contributed by atoms with Gasteiger partial charge in [0.05, 0.1) is 17.2 Å². The van der Waals surface area contributed by atoms with Gasteiger partial charge in [0.25, 0.3) is 0 Å². The smallest absolute Gasteiger partial charge is 0.224 e. The van der Waals surface area contributed by atoms with Gasteiger partial charge in [-0.1, -0.05) is 65.1 Å². The minimum Gasteiger partial charge on any atom is -0.493 e. The number of hydrogen-bond donors (Lipinski definition) is 2. The molecule has 0 aromatic heterocycles. The zero-order valence-electron chi connectivity index (χ0n) is 19.3. The summed E-state index contributed by atoms with van der Waals surface area (Å²) < 4.78 is 12.4. The second kappa shape index (κ2) is 12.3. The van der Waals surface area contributed by atoms with E-state index in [-0.39, 0.29) is 5.91 Å². The molecule has 0 atom stereocenters. The number of carbonyl (C=O) groups is 1. The summed E-state index contributed by atoms with van der Waals surface area (Å²) in [6, 6.07) is 16.9. The predicted octanol–water partition coefficient (Wildman–Crippen LogP) is 7.94. The van der Waals surface area contributed by atoms with E-state index in [1.165, 1.54) is 0 Å². The van der Waals surface area contributed by atoms with Crippen molar-refractivity contribution in [3.8, 4) is 11.5 Å². The van der Waals surface area contributed by atoms with Crippen LogP contribution in [0.15, 0.2) is 59.1 Å². The molecule has 2 N–H and O–H groups in total.